The lowest BCUT2D eigenvalue weighted by Crippen LogP contribution is -2.15. The smallest absolute Gasteiger partial charge is 0.183 e. The minimum Gasteiger partial charge on any atom is -0.183 e. The standard InChI is InChI=1S/C9H13FN2/c1-6-5-7(9(2,3)4)8(10)12-11-6/h5H,1-4H3. The Labute approximate surface area is 71.8 Å². The van der Waals surface area contributed by atoms with Gasteiger partial charge in [0.15, 0.2) is 0 Å². The molecule has 1 heterocycles. The molecule has 0 aliphatic rings. The molecule has 0 atom stereocenters. The molecule has 0 bridgehead atoms. The summed E-state index contributed by atoms with van der Waals surface area (Å²) in [4.78, 5) is 0. The molecule has 2 nitrogen and oxygen atoms in total. The first-order valence-corrected chi connectivity index (χ1v) is 3.91. The molecule has 0 amide bonds. The van der Waals surface area contributed by atoms with Gasteiger partial charge in [0.1, 0.15) is 0 Å². The van der Waals surface area contributed by atoms with Crippen LogP contribution in [0.2, 0.25) is 0 Å². The number of rotatable bonds is 0. The lowest BCUT2D eigenvalue weighted by Gasteiger charge is -2.18. The summed E-state index contributed by atoms with van der Waals surface area (Å²) in [5.74, 6) is -0.465. The van der Waals surface area contributed by atoms with Crippen molar-refractivity contribution in [3.05, 3.63) is 23.3 Å². The molecule has 0 saturated carbocycles. The predicted octanol–water partition coefficient (Wildman–Crippen LogP) is 2.22. The molecule has 0 unspecified atom stereocenters. The lowest BCUT2D eigenvalue weighted by molar-refractivity contribution is 0.484. The van der Waals surface area contributed by atoms with Gasteiger partial charge in [0.25, 0.3) is 0 Å². The van der Waals surface area contributed by atoms with Crippen molar-refractivity contribution in [1.82, 2.24) is 10.2 Å². The number of nitrogens with zero attached hydrogens (tertiary/aromatic N) is 2. The number of hydrogen-bond acceptors (Lipinski definition) is 2. The summed E-state index contributed by atoms with van der Waals surface area (Å²) in [7, 11) is 0. The van der Waals surface area contributed by atoms with Gasteiger partial charge in [0.05, 0.1) is 5.69 Å². The molecule has 1 aromatic rings. The Morgan fingerprint density at radius 1 is 1.25 bits per heavy atom. The van der Waals surface area contributed by atoms with Crippen LogP contribution >= 0.6 is 0 Å². The van der Waals surface area contributed by atoms with E-state index in [2.05, 4.69) is 10.2 Å². The maximum Gasteiger partial charge on any atom is 0.237 e. The van der Waals surface area contributed by atoms with Gasteiger partial charge in [-0.1, -0.05) is 20.8 Å². The van der Waals surface area contributed by atoms with E-state index in [1.807, 2.05) is 27.7 Å². The monoisotopic (exact) mass is 168 g/mol. The van der Waals surface area contributed by atoms with Gasteiger partial charge in [-0.15, -0.1) is 5.10 Å². The third-order valence-electron chi connectivity index (χ3n) is 1.68. The van der Waals surface area contributed by atoms with Crippen molar-refractivity contribution in [3.63, 3.8) is 0 Å². The molecule has 0 saturated heterocycles. The largest absolute Gasteiger partial charge is 0.237 e. The van der Waals surface area contributed by atoms with E-state index < -0.39 is 5.95 Å². The van der Waals surface area contributed by atoms with Gasteiger partial charge < -0.3 is 0 Å². The summed E-state index contributed by atoms with van der Waals surface area (Å²) in [6, 6.07) is 1.74. The average Bonchev–Trinajstić information content (AvgIpc) is 1.92. The highest BCUT2D eigenvalue weighted by molar-refractivity contribution is 5.21. The summed E-state index contributed by atoms with van der Waals surface area (Å²) < 4.78 is 13.1. The summed E-state index contributed by atoms with van der Waals surface area (Å²) in [5, 5.41) is 7.06. The van der Waals surface area contributed by atoms with Gasteiger partial charge in [0, 0.05) is 5.56 Å². The van der Waals surface area contributed by atoms with Crippen LogP contribution in [0.15, 0.2) is 6.07 Å². The number of aromatic nitrogens is 2. The molecule has 1 aromatic heterocycles. The molecule has 66 valence electrons. The molecule has 3 heteroatoms. The molecular formula is C9H13FN2. The number of halogens is 1. The highest BCUT2D eigenvalue weighted by Crippen LogP contribution is 2.23. The fourth-order valence-corrected chi connectivity index (χ4v) is 1.000. The molecule has 12 heavy (non-hydrogen) atoms. The van der Waals surface area contributed by atoms with Crippen molar-refractivity contribution in [1.29, 1.82) is 0 Å². The van der Waals surface area contributed by atoms with Crippen LogP contribution in [0.25, 0.3) is 0 Å². The van der Waals surface area contributed by atoms with Crippen LogP contribution in [-0.4, -0.2) is 10.2 Å². The van der Waals surface area contributed by atoms with Gasteiger partial charge in [-0.25, -0.2) is 0 Å². The van der Waals surface area contributed by atoms with E-state index in [-0.39, 0.29) is 5.41 Å². The fraction of sp³-hybridized carbons (Fsp3) is 0.556. The lowest BCUT2D eigenvalue weighted by atomic mass is 9.88. The van der Waals surface area contributed by atoms with Crippen LogP contribution in [0.3, 0.4) is 0 Å². The van der Waals surface area contributed by atoms with Crippen molar-refractivity contribution in [3.8, 4) is 0 Å². The second-order valence-corrected chi connectivity index (χ2v) is 3.94. The van der Waals surface area contributed by atoms with E-state index in [0.717, 1.165) is 5.69 Å². The Morgan fingerprint density at radius 3 is 2.25 bits per heavy atom. The van der Waals surface area contributed by atoms with Crippen molar-refractivity contribution in [2.24, 2.45) is 0 Å². The molecule has 0 aromatic carbocycles. The van der Waals surface area contributed by atoms with Crippen LogP contribution in [0, 0.1) is 12.9 Å². The van der Waals surface area contributed by atoms with E-state index in [0.29, 0.717) is 5.56 Å². The third kappa shape index (κ3) is 1.78. The fourth-order valence-electron chi connectivity index (χ4n) is 1.000. The molecule has 0 radical (unpaired) electrons. The topological polar surface area (TPSA) is 25.8 Å². The minimum atomic E-state index is -0.465. The number of aryl methyl sites for hydroxylation is 1. The van der Waals surface area contributed by atoms with Crippen LogP contribution in [-0.2, 0) is 5.41 Å². The molecule has 0 aliphatic heterocycles. The first-order chi connectivity index (χ1) is 5.41. The predicted molar refractivity (Wildman–Crippen MR) is 45.4 cm³/mol. The SMILES string of the molecule is Cc1cc(C(C)(C)C)c(F)nn1. The Balaban J connectivity index is 3.23. The second kappa shape index (κ2) is 2.81. The van der Waals surface area contributed by atoms with Gasteiger partial charge in [-0.2, -0.15) is 9.49 Å². The Hall–Kier alpha value is -0.990. The van der Waals surface area contributed by atoms with Crippen LogP contribution in [0.4, 0.5) is 4.39 Å². The summed E-state index contributed by atoms with van der Waals surface area (Å²) in [6.07, 6.45) is 0. The Morgan fingerprint density at radius 2 is 1.83 bits per heavy atom. The number of hydrogen-bond donors (Lipinski definition) is 0. The third-order valence-corrected chi connectivity index (χ3v) is 1.68. The van der Waals surface area contributed by atoms with E-state index in [1.54, 1.807) is 6.07 Å². The van der Waals surface area contributed by atoms with E-state index in [1.165, 1.54) is 0 Å². The van der Waals surface area contributed by atoms with E-state index in [4.69, 9.17) is 0 Å². The van der Waals surface area contributed by atoms with E-state index >= 15 is 0 Å². The summed E-state index contributed by atoms with van der Waals surface area (Å²) in [5.41, 5.74) is 1.17. The van der Waals surface area contributed by atoms with Crippen molar-refractivity contribution >= 4 is 0 Å². The maximum absolute atomic E-state index is 13.1. The van der Waals surface area contributed by atoms with Gasteiger partial charge >= 0.3 is 0 Å². The summed E-state index contributed by atoms with van der Waals surface area (Å²) in [6.45, 7) is 7.66. The van der Waals surface area contributed by atoms with Gasteiger partial charge in [0.2, 0.25) is 5.95 Å². The quantitative estimate of drug-likeness (QED) is 0.593. The molecule has 0 aliphatic carbocycles. The van der Waals surface area contributed by atoms with Crippen molar-refractivity contribution < 1.29 is 4.39 Å². The zero-order valence-electron chi connectivity index (χ0n) is 7.85. The average molecular weight is 168 g/mol. The van der Waals surface area contributed by atoms with Gasteiger partial charge in [-0.05, 0) is 18.4 Å². The van der Waals surface area contributed by atoms with Gasteiger partial charge in [-0.3, -0.25) is 0 Å². The minimum absolute atomic E-state index is 0.204. The second-order valence-electron chi connectivity index (χ2n) is 3.94. The van der Waals surface area contributed by atoms with Crippen LogP contribution in [0.5, 0.6) is 0 Å². The van der Waals surface area contributed by atoms with Crippen LogP contribution < -0.4 is 0 Å². The Kier molecular flexibility index (Phi) is 2.13. The van der Waals surface area contributed by atoms with Crippen LogP contribution in [0.1, 0.15) is 32.0 Å². The molecule has 0 N–H and O–H groups in total. The van der Waals surface area contributed by atoms with Crippen molar-refractivity contribution in [2.45, 2.75) is 33.1 Å². The van der Waals surface area contributed by atoms with E-state index in [9.17, 15) is 4.39 Å². The Bertz CT molecular complexity index is 289. The normalized spacial score (nSPS) is 11.8. The van der Waals surface area contributed by atoms with Crippen molar-refractivity contribution in [2.75, 3.05) is 0 Å². The highest BCUT2D eigenvalue weighted by atomic mass is 19.1. The zero-order chi connectivity index (χ0) is 9.35. The molecule has 0 spiro atoms. The molecule has 1 rings (SSSR count). The first-order valence-electron chi connectivity index (χ1n) is 3.91. The first kappa shape index (κ1) is 9.10. The molecular weight excluding hydrogens is 155 g/mol. The molecule has 0 fully saturated rings. The maximum atomic E-state index is 13.1. The zero-order valence-corrected chi connectivity index (χ0v) is 7.85. The highest BCUT2D eigenvalue weighted by Gasteiger charge is 2.19. The summed E-state index contributed by atoms with van der Waals surface area (Å²) >= 11 is 0.